The number of para-hydroxylation sites is 5. The van der Waals surface area contributed by atoms with Crippen molar-refractivity contribution in [2.45, 2.75) is 5.41 Å². The van der Waals surface area contributed by atoms with Crippen molar-refractivity contribution in [2.75, 3.05) is 4.90 Å². The summed E-state index contributed by atoms with van der Waals surface area (Å²) in [5.74, 6) is 0. The van der Waals surface area contributed by atoms with E-state index in [1.165, 1.54) is 71.6 Å². The molecule has 0 amide bonds. The Balaban J connectivity index is 1.27. The van der Waals surface area contributed by atoms with Gasteiger partial charge in [-0.25, -0.2) is 0 Å². The average molecular weight is 740 g/mol. The summed E-state index contributed by atoms with van der Waals surface area (Å²) in [7, 11) is 0. The lowest BCUT2D eigenvalue weighted by molar-refractivity contribution is 0.728. The van der Waals surface area contributed by atoms with Gasteiger partial charge in [0.05, 0.1) is 33.2 Å². The highest BCUT2D eigenvalue weighted by Gasteiger charge is 2.45. The largest absolute Gasteiger partial charge is 0.310 e. The second-order valence-electron chi connectivity index (χ2n) is 15.3. The number of hydrogen-bond donors (Lipinski definition) is 0. The molecule has 0 radical (unpaired) electrons. The molecule has 0 spiro atoms. The van der Waals surface area contributed by atoms with Crippen LogP contribution in [0.1, 0.15) is 22.3 Å². The molecule has 3 heterocycles. The zero-order chi connectivity index (χ0) is 38.2. The van der Waals surface area contributed by atoms with Crippen LogP contribution in [0.4, 0.5) is 17.1 Å². The standard InChI is InChI=1S/C55H37N3/c1-5-19-38(20-6-1)55(39-21-7-2-8-22-39)48-29-15-18-32-53(48)58-52-34-33-42(57-50-30-16-13-27-44(50)45-28-14-17-31-51(45)57)35-46(52)47-36-43(37-49(55)54(47)58)56(40-23-9-3-10-24-40)41-25-11-4-12-26-41/h1-37H. The molecule has 272 valence electrons. The summed E-state index contributed by atoms with van der Waals surface area (Å²) < 4.78 is 4.97. The van der Waals surface area contributed by atoms with E-state index in [1.807, 2.05) is 0 Å². The van der Waals surface area contributed by atoms with Crippen molar-refractivity contribution in [1.82, 2.24) is 9.13 Å². The van der Waals surface area contributed by atoms with Gasteiger partial charge in [-0.05, 0) is 95.1 Å². The minimum absolute atomic E-state index is 0.619. The highest BCUT2D eigenvalue weighted by Crippen LogP contribution is 2.56. The van der Waals surface area contributed by atoms with Gasteiger partial charge in [0.1, 0.15) is 0 Å². The quantitative estimate of drug-likeness (QED) is 0.165. The van der Waals surface area contributed by atoms with Crippen LogP contribution in [0.5, 0.6) is 0 Å². The van der Waals surface area contributed by atoms with Crippen LogP contribution in [0, 0.1) is 0 Å². The first-order valence-electron chi connectivity index (χ1n) is 20.0. The Morgan fingerprint density at radius 1 is 0.328 bits per heavy atom. The number of rotatable bonds is 6. The van der Waals surface area contributed by atoms with Crippen LogP contribution in [0.25, 0.3) is 55.0 Å². The molecule has 1 aliphatic heterocycles. The fourth-order valence-corrected chi connectivity index (χ4v) is 10.0. The third kappa shape index (κ3) is 4.56. The van der Waals surface area contributed by atoms with Crippen molar-refractivity contribution >= 4 is 60.7 Å². The van der Waals surface area contributed by atoms with Gasteiger partial charge in [-0.3, -0.25) is 0 Å². The number of fused-ring (bicyclic) bond motifs is 8. The molecule has 0 saturated heterocycles. The third-order valence-corrected chi connectivity index (χ3v) is 12.3. The van der Waals surface area contributed by atoms with Crippen LogP contribution >= 0.6 is 0 Å². The Morgan fingerprint density at radius 2 is 0.828 bits per heavy atom. The molecular formula is C55H37N3. The van der Waals surface area contributed by atoms with E-state index in [2.05, 4.69) is 238 Å². The first kappa shape index (κ1) is 32.6. The van der Waals surface area contributed by atoms with Crippen LogP contribution in [0.2, 0.25) is 0 Å². The van der Waals surface area contributed by atoms with Crippen molar-refractivity contribution < 1.29 is 0 Å². The van der Waals surface area contributed by atoms with Crippen molar-refractivity contribution in [1.29, 1.82) is 0 Å². The summed E-state index contributed by atoms with van der Waals surface area (Å²) in [5.41, 5.74) is 14.8. The summed E-state index contributed by atoms with van der Waals surface area (Å²) in [6, 6.07) is 82.4. The molecule has 0 fully saturated rings. The minimum Gasteiger partial charge on any atom is -0.310 e. The van der Waals surface area contributed by atoms with Crippen LogP contribution in [-0.2, 0) is 5.41 Å². The van der Waals surface area contributed by atoms with Crippen LogP contribution in [0.15, 0.2) is 224 Å². The Morgan fingerprint density at radius 3 is 1.43 bits per heavy atom. The SMILES string of the molecule is c1ccc(N(c2ccccc2)c2cc3c4c(c2)c2cc(-n5c6ccccc6c6ccccc65)ccc2n4-c2ccccc2C3(c2ccccc2)c2ccccc2)cc1. The predicted molar refractivity (Wildman–Crippen MR) is 242 cm³/mol. The van der Waals surface area contributed by atoms with Gasteiger partial charge in [0.25, 0.3) is 0 Å². The molecule has 9 aromatic carbocycles. The Hall–Kier alpha value is -7.62. The van der Waals surface area contributed by atoms with E-state index in [-0.39, 0.29) is 0 Å². The molecular weight excluding hydrogens is 703 g/mol. The summed E-state index contributed by atoms with van der Waals surface area (Å²) in [6.07, 6.45) is 0. The summed E-state index contributed by atoms with van der Waals surface area (Å²) in [5, 5.41) is 4.95. The van der Waals surface area contributed by atoms with Crippen molar-refractivity contribution in [3.63, 3.8) is 0 Å². The van der Waals surface area contributed by atoms with Gasteiger partial charge in [0, 0.05) is 44.3 Å². The molecule has 0 aliphatic carbocycles. The van der Waals surface area contributed by atoms with Gasteiger partial charge in [0.15, 0.2) is 0 Å². The normalized spacial score (nSPS) is 13.0. The maximum absolute atomic E-state index is 2.54. The fourth-order valence-electron chi connectivity index (χ4n) is 10.0. The lowest BCUT2D eigenvalue weighted by atomic mass is 9.63. The van der Waals surface area contributed by atoms with Crippen LogP contribution < -0.4 is 4.90 Å². The van der Waals surface area contributed by atoms with Gasteiger partial charge >= 0.3 is 0 Å². The molecule has 3 heteroatoms. The van der Waals surface area contributed by atoms with E-state index in [4.69, 9.17) is 0 Å². The van der Waals surface area contributed by atoms with Gasteiger partial charge in [-0.2, -0.15) is 0 Å². The Bertz CT molecular complexity index is 3190. The van der Waals surface area contributed by atoms with Crippen LogP contribution in [0.3, 0.4) is 0 Å². The predicted octanol–water partition coefficient (Wildman–Crippen LogP) is 14.0. The number of hydrogen-bond acceptors (Lipinski definition) is 1. The second kappa shape index (κ2) is 12.7. The van der Waals surface area contributed by atoms with E-state index in [1.54, 1.807) is 0 Å². The van der Waals surface area contributed by atoms with Crippen molar-refractivity contribution in [3.05, 3.63) is 247 Å². The summed E-state index contributed by atoms with van der Waals surface area (Å²) >= 11 is 0. The molecule has 2 aromatic heterocycles. The molecule has 0 N–H and O–H groups in total. The average Bonchev–Trinajstić information content (AvgIpc) is 3.81. The Kier molecular flexibility index (Phi) is 7.14. The van der Waals surface area contributed by atoms with E-state index >= 15 is 0 Å². The zero-order valence-electron chi connectivity index (χ0n) is 31.7. The maximum atomic E-state index is 2.54. The van der Waals surface area contributed by atoms with E-state index in [0.717, 1.165) is 22.7 Å². The fraction of sp³-hybridized carbons (Fsp3) is 0.0182. The van der Waals surface area contributed by atoms with E-state index in [0.29, 0.717) is 0 Å². The second-order valence-corrected chi connectivity index (χ2v) is 15.3. The van der Waals surface area contributed by atoms with E-state index < -0.39 is 5.41 Å². The molecule has 3 nitrogen and oxygen atoms in total. The topological polar surface area (TPSA) is 13.1 Å². The lowest BCUT2D eigenvalue weighted by Crippen LogP contribution is -2.35. The monoisotopic (exact) mass is 739 g/mol. The van der Waals surface area contributed by atoms with Crippen molar-refractivity contribution in [3.8, 4) is 11.4 Å². The Labute approximate surface area is 336 Å². The molecule has 0 bridgehead atoms. The van der Waals surface area contributed by atoms with E-state index in [9.17, 15) is 0 Å². The molecule has 12 rings (SSSR count). The number of aromatic nitrogens is 2. The smallest absolute Gasteiger partial charge is 0.0743 e. The molecule has 1 aliphatic rings. The number of nitrogens with zero attached hydrogens (tertiary/aromatic N) is 3. The minimum atomic E-state index is -0.619. The van der Waals surface area contributed by atoms with Gasteiger partial charge in [-0.15, -0.1) is 0 Å². The van der Waals surface area contributed by atoms with Crippen LogP contribution in [-0.4, -0.2) is 9.13 Å². The summed E-state index contributed by atoms with van der Waals surface area (Å²) in [4.78, 5) is 2.41. The first-order valence-corrected chi connectivity index (χ1v) is 20.0. The highest BCUT2D eigenvalue weighted by atomic mass is 15.1. The third-order valence-electron chi connectivity index (χ3n) is 12.3. The van der Waals surface area contributed by atoms with Crippen molar-refractivity contribution in [2.24, 2.45) is 0 Å². The van der Waals surface area contributed by atoms with Gasteiger partial charge in [0.2, 0.25) is 0 Å². The van der Waals surface area contributed by atoms with Gasteiger partial charge in [-0.1, -0.05) is 152 Å². The zero-order valence-corrected chi connectivity index (χ0v) is 31.7. The van der Waals surface area contributed by atoms with Gasteiger partial charge < -0.3 is 14.0 Å². The molecule has 0 unspecified atom stereocenters. The number of benzene rings is 9. The first-order chi connectivity index (χ1) is 28.8. The molecule has 0 atom stereocenters. The molecule has 11 aromatic rings. The summed E-state index contributed by atoms with van der Waals surface area (Å²) in [6.45, 7) is 0. The lowest BCUT2D eigenvalue weighted by Gasteiger charge is -2.42. The number of anilines is 3. The molecule has 0 saturated carbocycles. The maximum Gasteiger partial charge on any atom is 0.0743 e. The molecule has 58 heavy (non-hydrogen) atoms. The highest BCUT2D eigenvalue weighted by molar-refractivity contribution is 6.15.